The summed E-state index contributed by atoms with van der Waals surface area (Å²) in [6.07, 6.45) is -4.32. The Hall–Kier alpha value is -0.430. The molecular weight excluding hydrogens is 229 g/mol. The highest BCUT2D eigenvalue weighted by Gasteiger charge is 2.27. The summed E-state index contributed by atoms with van der Waals surface area (Å²) >= 11 is 1.38. The molecule has 1 saturated heterocycles. The fourth-order valence-electron chi connectivity index (χ4n) is 1.03. The van der Waals surface area contributed by atoms with Gasteiger partial charge in [0.1, 0.15) is 6.54 Å². The maximum Gasteiger partial charge on any atom is 0.405 e. The molecule has 7 heteroatoms. The first kappa shape index (κ1) is 12.6. The maximum absolute atomic E-state index is 11.7. The zero-order valence-electron chi connectivity index (χ0n) is 8.06. The average Bonchev–Trinajstić information content (AvgIpc) is 2.04. The Bertz CT molecular complexity index is 218. The molecule has 1 heterocycles. The first-order valence-electron chi connectivity index (χ1n) is 4.59. The van der Waals surface area contributed by atoms with Gasteiger partial charge in [-0.15, -0.1) is 0 Å². The van der Waals surface area contributed by atoms with Crippen LogP contribution in [0.25, 0.3) is 0 Å². The minimum Gasteiger partial charge on any atom is -0.346 e. The fourth-order valence-corrected chi connectivity index (χ4v) is 2.01. The molecule has 1 fully saturated rings. The van der Waals surface area contributed by atoms with Crippen LogP contribution in [-0.4, -0.2) is 43.2 Å². The van der Waals surface area contributed by atoms with Crippen molar-refractivity contribution in [2.45, 2.75) is 6.18 Å². The maximum atomic E-state index is 11.7. The van der Waals surface area contributed by atoms with E-state index >= 15 is 0 Å². The van der Waals surface area contributed by atoms with Crippen LogP contribution >= 0.6 is 11.8 Å². The Balaban J connectivity index is 1.98. The second-order valence-electron chi connectivity index (χ2n) is 3.43. The molecule has 88 valence electrons. The minimum absolute atomic E-state index is 0.104. The van der Waals surface area contributed by atoms with Crippen LogP contribution in [0.4, 0.5) is 13.2 Å². The van der Waals surface area contributed by atoms with Crippen molar-refractivity contribution in [3.05, 3.63) is 0 Å². The lowest BCUT2D eigenvalue weighted by Crippen LogP contribution is -2.43. The molecule has 1 aliphatic rings. The standard InChI is InChI=1S/C8H13F3N2OS/c9-8(10,11)5-13-7(14)4-15-3-6-1-12-2-6/h6,12H,1-5H2,(H,13,14). The molecule has 0 aromatic carbocycles. The number of amides is 1. The number of carbonyl (C=O) groups excluding carboxylic acids is 1. The van der Waals surface area contributed by atoms with Crippen LogP contribution in [-0.2, 0) is 4.79 Å². The molecule has 1 rings (SSSR count). The summed E-state index contributed by atoms with van der Waals surface area (Å²) in [4.78, 5) is 10.9. The first-order chi connectivity index (χ1) is 6.97. The monoisotopic (exact) mass is 242 g/mol. The lowest BCUT2D eigenvalue weighted by molar-refractivity contribution is -0.136. The fraction of sp³-hybridized carbons (Fsp3) is 0.875. The predicted molar refractivity (Wildman–Crippen MR) is 52.7 cm³/mol. The van der Waals surface area contributed by atoms with Crippen LogP contribution in [0.3, 0.4) is 0 Å². The summed E-state index contributed by atoms with van der Waals surface area (Å²) in [5.74, 6) is 0.939. The van der Waals surface area contributed by atoms with Gasteiger partial charge in [-0.2, -0.15) is 24.9 Å². The number of rotatable bonds is 5. The number of alkyl halides is 3. The van der Waals surface area contributed by atoms with Gasteiger partial charge < -0.3 is 10.6 Å². The van der Waals surface area contributed by atoms with E-state index in [1.165, 1.54) is 11.8 Å². The lowest BCUT2D eigenvalue weighted by atomic mass is 10.1. The van der Waals surface area contributed by atoms with Crippen LogP contribution < -0.4 is 10.6 Å². The van der Waals surface area contributed by atoms with Gasteiger partial charge in [-0.1, -0.05) is 0 Å². The van der Waals surface area contributed by atoms with Gasteiger partial charge in [-0.3, -0.25) is 4.79 Å². The third-order valence-corrected chi connectivity index (χ3v) is 3.11. The normalized spacial score (nSPS) is 17.3. The highest BCUT2D eigenvalue weighted by atomic mass is 32.2. The van der Waals surface area contributed by atoms with Gasteiger partial charge in [0.2, 0.25) is 5.91 Å². The number of hydrogen-bond donors (Lipinski definition) is 2. The Morgan fingerprint density at radius 3 is 2.60 bits per heavy atom. The van der Waals surface area contributed by atoms with E-state index in [0.717, 1.165) is 18.8 Å². The summed E-state index contributed by atoms with van der Waals surface area (Å²) in [6, 6.07) is 0. The average molecular weight is 242 g/mol. The molecule has 1 amide bonds. The molecule has 0 aromatic rings. The Kier molecular flexibility index (Phi) is 4.72. The van der Waals surface area contributed by atoms with Gasteiger partial charge in [0.15, 0.2) is 0 Å². The second-order valence-corrected chi connectivity index (χ2v) is 4.46. The number of nitrogens with one attached hydrogen (secondary N) is 2. The summed E-state index contributed by atoms with van der Waals surface area (Å²) in [5, 5.41) is 4.91. The summed E-state index contributed by atoms with van der Waals surface area (Å²) in [5.41, 5.74) is 0. The zero-order chi connectivity index (χ0) is 11.3. The van der Waals surface area contributed by atoms with E-state index < -0.39 is 18.6 Å². The van der Waals surface area contributed by atoms with E-state index in [4.69, 9.17) is 0 Å². The number of thioether (sulfide) groups is 1. The van der Waals surface area contributed by atoms with E-state index in [0.29, 0.717) is 5.92 Å². The molecule has 15 heavy (non-hydrogen) atoms. The zero-order valence-corrected chi connectivity index (χ0v) is 8.88. The van der Waals surface area contributed by atoms with Crippen LogP contribution in [0.1, 0.15) is 0 Å². The van der Waals surface area contributed by atoms with Crippen molar-refractivity contribution in [1.82, 2.24) is 10.6 Å². The third kappa shape index (κ3) is 5.88. The molecular formula is C8H13F3N2OS. The molecule has 0 bridgehead atoms. The number of hydrogen-bond acceptors (Lipinski definition) is 3. The van der Waals surface area contributed by atoms with E-state index in [2.05, 4.69) is 5.32 Å². The second kappa shape index (κ2) is 5.60. The summed E-state index contributed by atoms with van der Waals surface area (Å²) < 4.78 is 35.1. The van der Waals surface area contributed by atoms with Crippen molar-refractivity contribution in [3.63, 3.8) is 0 Å². The van der Waals surface area contributed by atoms with E-state index in [1.807, 2.05) is 5.32 Å². The van der Waals surface area contributed by atoms with Gasteiger partial charge in [-0.05, 0) is 24.8 Å². The molecule has 0 unspecified atom stereocenters. The van der Waals surface area contributed by atoms with Gasteiger partial charge in [0, 0.05) is 0 Å². The molecule has 0 atom stereocenters. The quantitative estimate of drug-likeness (QED) is 0.742. The molecule has 0 radical (unpaired) electrons. The number of carbonyl (C=O) groups is 1. The largest absolute Gasteiger partial charge is 0.405 e. The highest BCUT2D eigenvalue weighted by Crippen LogP contribution is 2.13. The van der Waals surface area contributed by atoms with Crippen molar-refractivity contribution in [3.8, 4) is 0 Å². The van der Waals surface area contributed by atoms with Crippen LogP contribution in [0.2, 0.25) is 0 Å². The molecule has 2 N–H and O–H groups in total. The molecule has 0 saturated carbocycles. The molecule has 0 aliphatic carbocycles. The third-order valence-electron chi connectivity index (χ3n) is 1.94. The molecule has 1 aliphatic heterocycles. The van der Waals surface area contributed by atoms with E-state index in [-0.39, 0.29) is 5.75 Å². The van der Waals surface area contributed by atoms with Crippen LogP contribution in [0.5, 0.6) is 0 Å². The SMILES string of the molecule is O=C(CSCC1CNC1)NCC(F)(F)F. The van der Waals surface area contributed by atoms with E-state index in [9.17, 15) is 18.0 Å². The molecule has 0 spiro atoms. The van der Waals surface area contributed by atoms with Crippen LogP contribution in [0.15, 0.2) is 0 Å². The summed E-state index contributed by atoms with van der Waals surface area (Å²) in [6.45, 7) is 0.645. The van der Waals surface area contributed by atoms with Crippen molar-refractivity contribution in [1.29, 1.82) is 0 Å². The lowest BCUT2D eigenvalue weighted by Gasteiger charge is -2.26. The molecule has 0 aromatic heterocycles. The Labute approximate surface area is 90.2 Å². The van der Waals surface area contributed by atoms with Crippen molar-refractivity contribution in [2.75, 3.05) is 31.1 Å². The highest BCUT2D eigenvalue weighted by molar-refractivity contribution is 7.99. The Morgan fingerprint density at radius 1 is 1.47 bits per heavy atom. The smallest absolute Gasteiger partial charge is 0.346 e. The van der Waals surface area contributed by atoms with Gasteiger partial charge in [0.05, 0.1) is 5.75 Å². The van der Waals surface area contributed by atoms with Crippen molar-refractivity contribution < 1.29 is 18.0 Å². The minimum atomic E-state index is -4.32. The number of halogens is 3. The Morgan fingerprint density at radius 2 is 2.13 bits per heavy atom. The van der Waals surface area contributed by atoms with Gasteiger partial charge >= 0.3 is 6.18 Å². The van der Waals surface area contributed by atoms with Gasteiger partial charge in [0.25, 0.3) is 0 Å². The topological polar surface area (TPSA) is 41.1 Å². The molecule has 3 nitrogen and oxygen atoms in total. The van der Waals surface area contributed by atoms with Crippen molar-refractivity contribution >= 4 is 17.7 Å². The van der Waals surface area contributed by atoms with Crippen molar-refractivity contribution in [2.24, 2.45) is 5.92 Å². The van der Waals surface area contributed by atoms with E-state index in [1.54, 1.807) is 0 Å². The predicted octanol–water partition coefficient (Wildman–Crippen LogP) is 0.617. The summed E-state index contributed by atoms with van der Waals surface area (Å²) in [7, 11) is 0. The first-order valence-corrected chi connectivity index (χ1v) is 5.75. The van der Waals surface area contributed by atoms with Gasteiger partial charge in [-0.25, -0.2) is 0 Å². The van der Waals surface area contributed by atoms with Crippen LogP contribution in [0, 0.1) is 5.92 Å².